The lowest BCUT2D eigenvalue weighted by Crippen LogP contribution is -2.31. The minimum Gasteiger partial charge on any atom is -0.301 e. The SMILES string of the molecule is C/C=C\CCN(CC)C(C)C. The number of rotatable bonds is 5. The second-order valence-corrected chi connectivity index (χ2v) is 3.08. The molecular weight excluding hydrogens is 134 g/mol. The van der Waals surface area contributed by atoms with Gasteiger partial charge in [0.15, 0.2) is 0 Å². The Morgan fingerprint density at radius 3 is 2.36 bits per heavy atom. The number of allylic oxidation sites excluding steroid dienone is 1. The molecule has 0 heterocycles. The molecule has 0 rings (SSSR count). The summed E-state index contributed by atoms with van der Waals surface area (Å²) in [5.74, 6) is 0. The van der Waals surface area contributed by atoms with Gasteiger partial charge in [0.05, 0.1) is 0 Å². The summed E-state index contributed by atoms with van der Waals surface area (Å²) in [5, 5.41) is 0. The van der Waals surface area contributed by atoms with Crippen molar-refractivity contribution in [3.63, 3.8) is 0 Å². The highest BCUT2D eigenvalue weighted by molar-refractivity contribution is 4.78. The molecule has 0 aromatic heterocycles. The van der Waals surface area contributed by atoms with E-state index in [4.69, 9.17) is 0 Å². The van der Waals surface area contributed by atoms with Crippen molar-refractivity contribution in [2.24, 2.45) is 0 Å². The Kier molecular flexibility index (Phi) is 6.24. The Bertz CT molecular complexity index is 105. The van der Waals surface area contributed by atoms with Gasteiger partial charge in [-0.1, -0.05) is 19.1 Å². The molecule has 0 aromatic rings. The van der Waals surface area contributed by atoms with E-state index in [2.05, 4.69) is 44.7 Å². The molecule has 0 radical (unpaired) electrons. The molecule has 1 heteroatoms. The average Bonchev–Trinajstić information content (AvgIpc) is 1.97. The molecule has 0 aliphatic heterocycles. The monoisotopic (exact) mass is 155 g/mol. The smallest absolute Gasteiger partial charge is 0.00385 e. The summed E-state index contributed by atoms with van der Waals surface area (Å²) in [6, 6.07) is 0.685. The van der Waals surface area contributed by atoms with Crippen LogP contribution in [0.2, 0.25) is 0 Å². The third kappa shape index (κ3) is 5.02. The van der Waals surface area contributed by atoms with Crippen LogP contribution in [0.25, 0.3) is 0 Å². The van der Waals surface area contributed by atoms with Crippen LogP contribution in [0, 0.1) is 0 Å². The molecular formula is C10H21N. The van der Waals surface area contributed by atoms with Gasteiger partial charge in [-0.05, 0) is 33.7 Å². The van der Waals surface area contributed by atoms with Crippen LogP contribution in [-0.4, -0.2) is 24.0 Å². The summed E-state index contributed by atoms with van der Waals surface area (Å²) in [6.45, 7) is 11.1. The first-order valence-corrected chi connectivity index (χ1v) is 4.57. The molecule has 0 bridgehead atoms. The molecule has 0 fully saturated rings. The zero-order chi connectivity index (χ0) is 8.69. The Labute approximate surface area is 71.1 Å². The van der Waals surface area contributed by atoms with Crippen molar-refractivity contribution in [2.75, 3.05) is 13.1 Å². The van der Waals surface area contributed by atoms with Gasteiger partial charge in [-0.25, -0.2) is 0 Å². The summed E-state index contributed by atoms with van der Waals surface area (Å²) in [6.07, 6.45) is 5.53. The number of hydrogen-bond acceptors (Lipinski definition) is 1. The zero-order valence-corrected chi connectivity index (χ0v) is 8.30. The van der Waals surface area contributed by atoms with Crippen molar-refractivity contribution in [3.05, 3.63) is 12.2 Å². The first kappa shape index (κ1) is 10.7. The van der Waals surface area contributed by atoms with Crippen LogP contribution in [0.1, 0.15) is 34.1 Å². The predicted octanol–water partition coefficient (Wildman–Crippen LogP) is 2.68. The molecule has 11 heavy (non-hydrogen) atoms. The van der Waals surface area contributed by atoms with Crippen molar-refractivity contribution in [1.29, 1.82) is 0 Å². The van der Waals surface area contributed by atoms with Gasteiger partial charge in [0.25, 0.3) is 0 Å². The van der Waals surface area contributed by atoms with Crippen molar-refractivity contribution in [3.8, 4) is 0 Å². The molecule has 0 saturated heterocycles. The summed E-state index contributed by atoms with van der Waals surface area (Å²) < 4.78 is 0. The summed E-state index contributed by atoms with van der Waals surface area (Å²) in [4.78, 5) is 2.47. The standard InChI is InChI=1S/C10H21N/c1-5-7-8-9-11(6-2)10(3)4/h5,7,10H,6,8-9H2,1-4H3/b7-5-. The fourth-order valence-corrected chi connectivity index (χ4v) is 1.19. The fourth-order valence-electron chi connectivity index (χ4n) is 1.19. The van der Waals surface area contributed by atoms with E-state index in [1.54, 1.807) is 0 Å². The molecule has 0 aromatic carbocycles. The van der Waals surface area contributed by atoms with Crippen LogP contribution >= 0.6 is 0 Å². The summed E-state index contributed by atoms with van der Waals surface area (Å²) >= 11 is 0. The Morgan fingerprint density at radius 2 is 2.00 bits per heavy atom. The normalized spacial score (nSPS) is 12.2. The van der Waals surface area contributed by atoms with E-state index in [0.29, 0.717) is 6.04 Å². The van der Waals surface area contributed by atoms with Crippen molar-refractivity contribution in [2.45, 2.75) is 40.2 Å². The van der Waals surface area contributed by atoms with Crippen LogP contribution in [0.15, 0.2) is 12.2 Å². The third-order valence-electron chi connectivity index (χ3n) is 1.96. The lowest BCUT2D eigenvalue weighted by Gasteiger charge is -2.23. The third-order valence-corrected chi connectivity index (χ3v) is 1.96. The average molecular weight is 155 g/mol. The van der Waals surface area contributed by atoms with E-state index in [1.807, 2.05) is 0 Å². The van der Waals surface area contributed by atoms with Gasteiger partial charge in [0.2, 0.25) is 0 Å². The van der Waals surface area contributed by atoms with Crippen molar-refractivity contribution in [1.82, 2.24) is 4.90 Å². The molecule has 0 atom stereocenters. The Morgan fingerprint density at radius 1 is 1.36 bits per heavy atom. The van der Waals surface area contributed by atoms with Crippen LogP contribution in [0.3, 0.4) is 0 Å². The lowest BCUT2D eigenvalue weighted by molar-refractivity contribution is 0.238. The predicted molar refractivity (Wildman–Crippen MR) is 51.8 cm³/mol. The summed E-state index contributed by atoms with van der Waals surface area (Å²) in [5.41, 5.74) is 0. The van der Waals surface area contributed by atoms with Crippen LogP contribution in [0.5, 0.6) is 0 Å². The van der Waals surface area contributed by atoms with E-state index >= 15 is 0 Å². The van der Waals surface area contributed by atoms with Gasteiger partial charge in [-0.2, -0.15) is 0 Å². The second-order valence-electron chi connectivity index (χ2n) is 3.08. The maximum Gasteiger partial charge on any atom is 0.00385 e. The lowest BCUT2D eigenvalue weighted by atomic mass is 10.3. The van der Waals surface area contributed by atoms with E-state index in [1.165, 1.54) is 13.0 Å². The second kappa shape index (κ2) is 6.41. The minimum absolute atomic E-state index is 0.685. The van der Waals surface area contributed by atoms with Gasteiger partial charge in [-0.15, -0.1) is 0 Å². The molecule has 1 nitrogen and oxygen atoms in total. The van der Waals surface area contributed by atoms with Crippen LogP contribution < -0.4 is 0 Å². The number of nitrogens with zero attached hydrogens (tertiary/aromatic N) is 1. The fraction of sp³-hybridized carbons (Fsp3) is 0.800. The highest BCUT2D eigenvalue weighted by atomic mass is 15.1. The molecule has 66 valence electrons. The Balaban J connectivity index is 3.52. The molecule has 0 unspecified atom stereocenters. The van der Waals surface area contributed by atoms with Crippen molar-refractivity contribution < 1.29 is 0 Å². The zero-order valence-electron chi connectivity index (χ0n) is 8.30. The molecule has 0 aliphatic carbocycles. The van der Waals surface area contributed by atoms with E-state index in [0.717, 1.165) is 6.54 Å². The van der Waals surface area contributed by atoms with Crippen molar-refractivity contribution >= 4 is 0 Å². The van der Waals surface area contributed by atoms with Gasteiger partial charge in [-0.3, -0.25) is 0 Å². The summed E-state index contributed by atoms with van der Waals surface area (Å²) in [7, 11) is 0. The van der Waals surface area contributed by atoms with Gasteiger partial charge in [0.1, 0.15) is 0 Å². The van der Waals surface area contributed by atoms with Gasteiger partial charge >= 0.3 is 0 Å². The largest absolute Gasteiger partial charge is 0.301 e. The maximum absolute atomic E-state index is 2.47. The molecule has 0 aliphatic rings. The van der Waals surface area contributed by atoms with E-state index < -0.39 is 0 Å². The van der Waals surface area contributed by atoms with E-state index in [-0.39, 0.29) is 0 Å². The maximum atomic E-state index is 2.47. The molecule has 0 amide bonds. The van der Waals surface area contributed by atoms with E-state index in [9.17, 15) is 0 Å². The topological polar surface area (TPSA) is 3.24 Å². The molecule has 0 saturated carbocycles. The highest BCUT2D eigenvalue weighted by Gasteiger charge is 2.03. The van der Waals surface area contributed by atoms with Crippen LogP contribution in [-0.2, 0) is 0 Å². The van der Waals surface area contributed by atoms with Gasteiger partial charge in [0, 0.05) is 12.6 Å². The Hall–Kier alpha value is -0.300. The quantitative estimate of drug-likeness (QED) is 0.552. The first-order chi connectivity index (χ1) is 5.22. The highest BCUT2D eigenvalue weighted by Crippen LogP contribution is 1.98. The number of hydrogen-bond donors (Lipinski definition) is 0. The van der Waals surface area contributed by atoms with Gasteiger partial charge < -0.3 is 4.90 Å². The molecule has 0 spiro atoms. The van der Waals surface area contributed by atoms with Crippen LogP contribution in [0.4, 0.5) is 0 Å². The molecule has 0 N–H and O–H groups in total. The minimum atomic E-state index is 0.685. The first-order valence-electron chi connectivity index (χ1n) is 4.57.